The lowest BCUT2D eigenvalue weighted by molar-refractivity contribution is -0.334. The van der Waals surface area contributed by atoms with Gasteiger partial charge in [-0.1, -0.05) is 18.2 Å². The fourth-order valence-electron chi connectivity index (χ4n) is 12.2. The van der Waals surface area contributed by atoms with E-state index in [2.05, 4.69) is 0 Å². The number of aliphatic hydroxyl groups excluding tert-OH is 7. The lowest BCUT2D eigenvalue weighted by Gasteiger charge is -2.46. The molecule has 5 aliphatic heterocycles. The number of rotatable bonds is 17. The number of aliphatic hydroxyl groups is 8. The minimum Gasteiger partial charge on any atom is -0.507 e. The van der Waals surface area contributed by atoms with Crippen molar-refractivity contribution < 1.29 is 122 Å². The lowest BCUT2D eigenvalue weighted by atomic mass is 9.75. The average Bonchev–Trinajstić information content (AvgIpc) is 1.10. The van der Waals surface area contributed by atoms with Gasteiger partial charge in [-0.25, -0.2) is 4.79 Å². The number of aromatic hydroxyl groups is 2. The average molecular weight is 1190 g/mol. The van der Waals surface area contributed by atoms with Gasteiger partial charge in [0.05, 0.1) is 77.0 Å². The Morgan fingerprint density at radius 1 is 0.679 bits per heavy atom. The second kappa shape index (κ2) is 26.0. The summed E-state index contributed by atoms with van der Waals surface area (Å²) in [5.41, 5.74) is -1.40. The molecule has 25 nitrogen and oxygen atoms in total. The van der Waals surface area contributed by atoms with E-state index >= 15 is 4.79 Å². The summed E-state index contributed by atoms with van der Waals surface area (Å²) in [7, 11) is 1.18. The second-order valence-electron chi connectivity index (χ2n) is 23.4. The van der Waals surface area contributed by atoms with Crippen LogP contribution in [0.15, 0.2) is 42.5 Å². The Morgan fingerprint density at radius 2 is 1.19 bits per heavy atom. The fourth-order valence-corrected chi connectivity index (χ4v) is 12.2. The van der Waals surface area contributed by atoms with Gasteiger partial charge in [-0.15, -0.1) is 0 Å². The summed E-state index contributed by atoms with van der Waals surface area (Å²) in [6, 6.07) is 10.9. The number of Topliss-reactive ketones (excluding diaryl/α,β-unsaturated/α-hetero) is 2. The molecule has 25 atom stereocenters. The highest BCUT2D eigenvalue weighted by molar-refractivity contribution is 6.11. The highest BCUT2D eigenvalue weighted by atomic mass is 16.7. The number of hydrogen-bond acceptors (Lipinski definition) is 25. The van der Waals surface area contributed by atoms with Crippen molar-refractivity contribution in [3.63, 3.8) is 0 Å². The molecule has 6 aliphatic rings. The summed E-state index contributed by atoms with van der Waals surface area (Å²) < 4.78 is 72.6. The van der Waals surface area contributed by atoms with Gasteiger partial charge in [-0.2, -0.15) is 0 Å². The standard InChI is InChI=1S/C59H80O25/c1-23-35(80-40-19-36(48(63)25(3)75-40)81-39-18-34(60)47(62)24(2)74-39)17-32-15-31-16-33(55(73-9)54(69)51(66)28(6)79-58(71)30-13-11-10-12-14-30)56(53(68)45(31)52(67)44(32)46(23)61)84-42-21-37(49(64)27(5)77-42)82-41-20-38(50(65)26(4)76-41)83-43-22-59(8,72)57(70)29(7)78-43/h10-15,17,24-29,33-34,36-43,47-51,55-57,60-67,70,72H,16,18-22H2,1-9H3/t24?,25?,26?,27?,28-,29?,33+,34-,36-,37-,38-,39+,40+,41+,42+,43+,47-,48-,49-,50+,51+,55+,56+,57-,59+/m1/s1. The summed E-state index contributed by atoms with van der Waals surface area (Å²) in [6.45, 7) is 12.2. The van der Waals surface area contributed by atoms with Crippen LogP contribution in [0, 0.1) is 12.8 Å². The fraction of sp³-hybridized carbons (Fsp3) is 0.678. The van der Waals surface area contributed by atoms with Crippen LogP contribution in [0.5, 0.6) is 17.2 Å². The van der Waals surface area contributed by atoms with Gasteiger partial charge in [0, 0.05) is 50.7 Å². The van der Waals surface area contributed by atoms with Crippen LogP contribution in [-0.2, 0) is 63.3 Å². The molecule has 0 spiro atoms. The van der Waals surface area contributed by atoms with Crippen molar-refractivity contribution in [3.8, 4) is 17.2 Å². The van der Waals surface area contributed by atoms with Gasteiger partial charge in [-0.3, -0.25) is 9.59 Å². The number of carbonyl (C=O) groups is 3. The zero-order valence-corrected chi connectivity index (χ0v) is 48.2. The number of benzene rings is 3. The third-order valence-corrected chi connectivity index (χ3v) is 17.2. The molecule has 5 fully saturated rings. The van der Waals surface area contributed by atoms with Crippen LogP contribution >= 0.6 is 0 Å². The highest BCUT2D eigenvalue weighted by Crippen LogP contribution is 2.48. The normalized spacial score (nSPS) is 39.4. The molecule has 466 valence electrons. The number of fused-ring (bicyclic) bond motifs is 2. The summed E-state index contributed by atoms with van der Waals surface area (Å²) in [5.74, 6) is -5.06. The van der Waals surface area contributed by atoms with E-state index in [0.29, 0.717) is 0 Å². The Balaban J connectivity index is 0.989. The third-order valence-electron chi connectivity index (χ3n) is 17.2. The predicted molar refractivity (Wildman–Crippen MR) is 288 cm³/mol. The van der Waals surface area contributed by atoms with Crippen LogP contribution in [0.3, 0.4) is 0 Å². The number of phenols is 2. The zero-order valence-electron chi connectivity index (χ0n) is 48.2. The smallest absolute Gasteiger partial charge is 0.338 e. The van der Waals surface area contributed by atoms with Crippen LogP contribution in [0.4, 0.5) is 0 Å². The molecule has 84 heavy (non-hydrogen) atoms. The van der Waals surface area contributed by atoms with Crippen LogP contribution < -0.4 is 4.74 Å². The number of hydrogen-bond donors (Lipinski definition) is 10. The van der Waals surface area contributed by atoms with E-state index in [0.717, 1.165) is 0 Å². The quantitative estimate of drug-likeness (QED) is 0.0858. The summed E-state index contributed by atoms with van der Waals surface area (Å²) >= 11 is 0. The third kappa shape index (κ3) is 13.3. The van der Waals surface area contributed by atoms with Crippen LogP contribution in [-0.4, -0.2) is 223 Å². The van der Waals surface area contributed by atoms with Gasteiger partial charge in [0.15, 0.2) is 42.8 Å². The Morgan fingerprint density at radius 3 is 1.75 bits per heavy atom. The molecular formula is C59H80O25. The first kappa shape index (κ1) is 63.9. The SMILES string of the molecule is CO[C@H](C(=O)[C@@H](O)[C@@H](C)OC(=O)c1ccccc1)[C@@H]1Cc2cc3cc(O[C@H]4C[C@@H](O[C@H]5C[C@@H](O)[C@H](O)C(C)O5)[C@H](O)C(C)O4)c(C)c(O)c3c(O)c2C(=O)[C@H]1O[C@H]1C[C@@H](O[C@H]2C[C@@H](O[C@H]3C[C@](C)(O)[C@H](O)C(C)O3)[C@@H](O)C(C)O2)[C@H](O)C(C)O1. The van der Waals surface area contributed by atoms with Crippen molar-refractivity contribution in [2.75, 3.05) is 7.11 Å². The van der Waals surface area contributed by atoms with Crippen molar-refractivity contribution in [2.24, 2.45) is 5.92 Å². The minimum atomic E-state index is -2.01. The van der Waals surface area contributed by atoms with Crippen LogP contribution in [0.1, 0.15) is 112 Å². The van der Waals surface area contributed by atoms with Crippen molar-refractivity contribution in [1.29, 1.82) is 0 Å². The number of esters is 1. The van der Waals surface area contributed by atoms with Gasteiger partial charge in [0.1, 0.15) is 66.1 Å². The largest absolute Gasteiger partial charge is 0.507 e. The maximum Gasteiger partial charge on any atom is 0.338 e. The molecule has 10 N–H and O–H groups in total. The molecule has 0 aromatic heterocycles. The molecule has 0 saturated carbocycles. The lowest BCUT2D eigenvalue weighted by Crippen LogP contribution is -2.58. The zero-order chi connectivity index (χ0) is 61.0. The molecule has 1 aliphatic carbocycles. The first-order chi connectivity index (χ1) is 39.6. The molecular weight excluding hydrogens is 1110 g/mol. The predicted octanol–water partition coefficient (Wildman–Crippen LogP) is 1.62. The monoisotopic (exact) mass is 1190 g/mol. The molecule has 0 amide bonds. The van der Waals surface area contributed by atoms with Crippen LogP contribution in [0.25, 0.3) is 10.8 Å². The Labute approximate surface area is 485 Å². The Bertz CT molecular complexity index is 2790. The maximum atomic E-state index is 15.3. The number of methoxy groups -OCH3 is 1. The number of ketones is 2. The van der Waals surface area contributed by atoms with E-state index in [1.165, 1.54) is 59.1 Å². The molecule has 0 bridgehead atoms. The molecule has 9 rings (SSSR count). The summed E-state index contributed by atoms with van der Waals surface area (Å²) in [4.78, 5) is 43.0. The van der Waals surface area contributed by atoms with Gasteiger partial charge in [-0.05, 0) is 97.0 Å². The Hall–Kier alpha value is -4.59. The summed E-state index contributed by atoms with van der Waals surface area (Å²) in [6.07, 6.45) is -27.6. The Kier molecular flexibility index (Phi) is 19.8. The molecule has 5 heterocycles. The topological polar surface area (TPSA) is 364 Å². The highest BCUT2D eigenvalue weighted by Gasteiger charge is 2.52. The van der Waals surface area contributed by atoms with E-state index in [-0.39, 0.29) is 77.3 Å². The van der Waals surface area contributed by atoms with E-state index in [4.69, 9.17) is 56.8 Å². The number of ether oxygens (including phenoxy) is 12. The van der Waals surface area contributed by atoms with Crippen molar-refractivity contribution in [3.05, 3.63) is 64.7 Å². The second-order valence-corrected chi connectivity index (χ2v) is 23.4. The van der Waals surface area contributed by atoms with E-state index in [1.54, 1.807) is 45.9 Å². The van der Waals surface area contributed by atoms with E-state index in [1.807, 2.05) is 0 Å². The van der Waals surface area contributed by atoms with Crippen molar-refractivity contribution >= 4 is 28.3 Å². The molecule has 5 saturated heterocycles. The maximum absolute atomic E-state index is 15.3. The molecule has 25 heteroatoms. The van der Waals surface area contributed by atoms with Gasteiger partial charge >= 0.3 is 5.97 Å². The molecule has 0 radical (unpaired) electrons. The number of phenolic OH excluding ortho intramolecular Hbond substituents is 2. The van der Waals surface area contributed by atoms with E-state index in [9.17, 15) is 60.7 Å². The number of carbonyl (C=O) groups excluding carboxylic acids is 3. The summed E-state index contributed by atoms with van der Waals surface area (Å²) in [5, 5.41) is 111. The first-order valence-electron chi connectivity index (χ1n) is 28.6. The van der Waals surface area contributed by atoms with Crippen molar-refractivity contribution in [2.45, 2.75) is 241 Å². The van der Waals surface area contributed by atoms with Gasteiger partial charge in [0.25, 0.3) is 0 Å². The van der Waals surface area contributed by atoms with Crippen LogP contribution in [0.2, 0.25) is 0 Å². The van der Waals surface area contributed by atoms with E-state index < -0.39 is 182 Å². The molecule has 3 aromatic carbocycles. The van der Waals surface area contributed by atoms with Crippen molar-refractivity contribution in [1.82, 2.24) is 0 Å². The molecule has 3 aromatic rings. The minimum absolute atomic E-state index is 0.0527. The molecule has 5 unspecified atom stereocenters. The van der Waals surface area contributed by atoms with Gasteiger partial charge < -0.3 is 108 Å². The first-order valence-corrected chi connectivity index (χ1v) is 28.6. The van der Waals surface area contributed by atoms with Gasteiger partial charge in [0.2, 0.25) is 6.29 Å².